The fourth-order valence-electron chi connectivity index (χ4n) is 1.31. The number of hydrogen-bond donors (Lipinski definition) is 1. The lowest BCUT2D eigenvalue weighted by Gasteiger charge is -2.05. The minimum absolute atomic E-state index is 0.167. The molecular formula is C11H10BrN3OS. The van der Waals surface area contributed by atoms with Gasteiger partial charge < -0.3 is 5.32 Å². The summed E-state index contributed by atoms with van der Waals surface area (Å²) in [5.74, 6) is 0.378. The molecule has 0 saturated heterocycles. The SMILES string of the molecule is Cc1nc(NC(=O)c2scnc2C)ccc1Br. The average Bonchev–Trinajstić information content (AvgIpc) is 2.70. The van der Waals surface area contributed by atoms with E-state index in [1.54, 1.807) is 11.6 Å². The average molecular weight is 312 g/mol. The molecule has 4 nitrogen and oxygen atoms in total. The second-order valence-corrected chi connectivity index (χ2v) is 5.19. The first-order chi connectivity index (χ1) is 8.08. The number of hydrogen-bond acceptors (Lipinski definition) is 4. The third-order valence-electron chi connectivity index (χ3n) is 2.21. The van der Waals surface area contributed by atoms with Gasteiger partial charge in [-0.1, -0.05) is 0 Å². The van der Waals surface area contributed by atoms with Gasteiger partial charge in [0.05, 0.1) is 16.9 Å². The minimum atomic E-state index is -0.167. The standard InChI is InChI=1S/C11H10BrN3OS/c1-6-8(12)3-4-9(14-6)15-11(16)10-7(2)13-5-17-10/h3-5H,1-2H3,(H,14,15,16). The number of anilines is 1. The van der Waals surface area contributed by atoms with E-state index in [0.717, 1.165) is 15.9 Å². The highest BCUT2D eigenvalue weighted by Crippen LogP contribution is 2.18. The number of aromatic nitrogens is 2. The monoisotopic (exact) mass is 311 g/mol. The van der Waals surface area contributed by atoms with Gasteiger partial charge in [0, 0.05) is 4.47 Å². The van der Waals surface area contributed by atoms with Gasteiger partial charge in [-0.3, -0.25) is 4.79 Å². The maximum atomic E-state index is 11.9. The second-order valence-electron chi connectivity index (χ2n) is 3.48. The Morgan fingerprint density at radius 2 is 2.12 bits per heavy atom. The van der Waals surface area contributed by atoms with E-state index >= 15 is 0 Å². The molecule has 0 aliphatic heterocycles. The normalized spacial score (nSPS) is 10.3. The molecule has 6 heteroatoms. The van der Waals surface area contributed by atoms with Crippen LogP contribution in [-0.4, -0.2) is 15.9 Å². The van der Waals surface area contributed by atoms with Crippen LogP contribution >= 0.6 is 27.3 Å². The van der Waals surface area contributed by atoms with Gasteiger partial charge in [0.2, 0.25) is 0 Å². The van der Waals surface area contributed by atoms with Gasteiger partial charge in [0.15, 0.2) is 0 Å². The summed E-state index contributed by atoms with van der Waals surface area (Å²) in [4.78, 5) is 20.8. The quantitative estimate of drug-likeness (QED) is 0.926. The smallest absolute Gasteiger partial charge is 0.268 e. The number of nitrogens with one attached hydrogen (secondary N) is 1. The lowest BCUT2D eigenvalue weighted by molar-refractivity contribution is 0.102. The molecule has 0 atom stereocenters. The molecule has 2 aromatic heterocycles. The van der Waals surface area contributed by atoms with E-state index in [-0.39, 0.29) is 5.91 Å². The van der Waals surface area contributed by atoms with Crippen molar-refractivity contribution in [2.75, 3.05) is 5.32 Å². The molecule has 1 amide bonds. The van der Waals surface area contributed by atoms with E-state index in [2.05, 4.69) is 31.2 Å². The first kappa shape index (κ1) is 12.2. The number of amides is 1. The van der Waals surface area contributed by atoms with E-state index in [1.165, 1.54) is 11.3 Å². The summed E-state index contributed by atoms with van der Waals surface area (Å²) in [6.45, 7) is 3.68. The number of carbonyl (C=O) groups is 1. The number of nitrogens with zero attached hydrogens (tertiary/aromatic N) is 2. The van der Waals surface area contributed by atoms with Gasteiger partial charge in [0.1, 0.15) is 10.7 Å². The van der Waals surface area contributed by atoms with Gasteiger partial charge in [-0.2, -0.15) is 0 Å². The van der Waals surface area contributed by atoms with Crippen LogP contribution in [0.5, 0.6) is 0 Å². The van der Waals surface area contributed by atoms with Crippen LogP contribution in [-0.2, 0) is 0 Å². The van der Waals surface area contributed by atoms with E-state index in [4.69, 9.17) is 0 Å². The molecule has 2 heterocycles. The first-order valence-corrected chi connectivity index (χ1v) is 6.60. The fourth-order valence-corrected chi connectivity index (χ4v) is 2.22. The van der Waals surface area contributed by atoms with Crippen molar-refractivity contribution in [3.63, 3.8) is 0 Å². The second kappa shape index (κ2) is 4.93. The van der Waals surface area contributed by atoms with Crippen LogP contribution in [0.25, 0.3) is 0 Å². The maximum absolute atomic E-state index is 11.9. The lowest BCUT2D eigenvalue weighted by atomic mass is 10.3. The van der Waals surface area contributed by atoms with E-state index in [0.29, 0.717) is 10.7 Å². The predicted molar refractivity (Wildman–Crippen MR) is 71.5 cm³/mol. The molecule has 1 N–H and O–H groups in total. The Kier molecular flexibility index (Phi) is 3.54. The molecule has 0 aliphatic carbocycles. The van der Waals surface area contributed by atoms with E-state index < -0.39 is 0 Å². The molecule has 17 heavy (non-hydrogen) atoms. The van der Waals surface area contributed by atoms with Crippen LogP contribution in [0, 0.1) is 13.8 Å². The van der Waals surface area contributed by atoms with E-state index in [9.17, 15) is 4.79 Å². The zero-order valence-electron chi connectivity index (χ0n) is 9.32. The summed E-state index contributed by atoms with van der Waals surface area (Å²) < 4.78 is 0.921. The molecule has 0 aromatic carbocycles. The zero-order chi connectivity index (χ0) is 12.4. The summed E-state index contributed by atoms with van der Waals surface area (Å²) in [5, 5.41) is 2.75. The number of aryl methyl sites for hydroxylation is 2. The first-order valence-electron chi connectivity index (χ1n) is 4.92. The van der Waals surface area contributed by atoms with Crippen molar-refractivity contribution in [1.82, 2.24) is 9.97 Å². The fraction of sp³-hybridized carbons (Fsp3) is 0.182. The van der Waals surface area contributed by atoms with Gasteiger partial charge in [-0.25, -0.2) is 9.97 Å². The van der Waals surface area contributed by atoms with Crippen molar-refractivity contribution in [2.24, 2.45) is 0 Å². The van der Waals surface area contributed by atoms with Crippen molar-refractivity contribution in [3.8, 4) is 0 Å². The predicted octanol–water partition coefficient (Wildman–Crippen LogP) is 3.17. The maximum Gasteiger partial charge on any atom is 0.268 e. The molecule has 0 spiro atoms. The van der Waals surface area contributed by atoms with Crippen LogP contribution < -0.4 is 5.32 Å². The summed E-state index contributed by atoms with van der Waals surface area (Å²) in [6, 6.07) is 3.61. The Bertz CT molecular complexity index is 568. The third kappa shape index (κ3) is 2.70. The Morgan fingerprint density at radius 1 is 1.35 bits per heavy atom. The van der Waals surface area contributed by atoms with Crippen molar-refractivity contribution in [2.45, 2.75) is 13.8 Å². The van der Waals surface area contributed by atoms with Crippen LogP contribution in [0.15, 0.2) is 22.1 Å². The number of pyridine rings is 1. The van der Waals surface area contributed by atoms with Crippen LogP contribution in [0.4, 0.5) is 5.82 Å². The van der Waals surface area contributed by atoms with Gasteiger partial charge in [0.25, 0.3) is 5.91 Å². The molecule has 2 rings (SSSR count). The van der Waals surface area contributed by atoms with Gasteiger partial charge >= 0.3 is 0 Å². The summed E-state index contributed by atoms with van der Waals surface area (Å²) in [7, 11) is 0. The van der Waals surface area contributed by atoms with Crippen LogP contribution in [0.3, 0.4) is 0 Å². The topological polar surface area (TPSA) is 54.9 Å². The minimum Gasteiger partial charge on any atom is -0.306 e. The molecule has 0 radical (unpaired) electrons. The number of rotatable bonds is 2. The third-order valence-corrected chi connectivity index (χ3v) is 3.98. The number of halogens is 1. The Balaban J connectivity index is 2.19. The molecule has 88 valence electrons. The van der Waals surface area contributed by atoms with Gasteiger partial charge in [-0.05, 0) is 41.9 Å². The molecule has 0 unspecified atom stereocenters. The molecular weight excluding hydrogens is 302 g/mol. The number of thiazole rings is 1. The highest BCUT2D eigenvalue weighted by Gasteiger charge is 2.12. The highest BCUT2D eigenvalue weighted by molar-refractivity contribution is 9.10. The molecule has 0 aliphatic rings. The van der Waals surface area contributed by atoms with Crippen molar-refractivity contribution < 1.29 is 4.79 Å². The zero-order valence-corrected chi connectivity index (χ0v) is 11.7. The van der Waals surface area contributed by atoms with Gasteiger partial charge in [-0.15, -0.1) is 11.3 Å². The summed E-state index contributed by atoms with van der Waals surface area (Å²) in [6.07, 6.45) is 0. The largest absolute Gasteiger partial charge is 0.306 e. The molecule has 2 aromatic rings. The van der Waals surface area contributed by atoms with Crippen LogP contribution in [0.2, 0.25) is 0 Å². The van der Waals surface area contributed by atoms with Crippen molar-refractivity contribution in [1.29, 1.82) is 0 Å². The van der Waals surface area contributed by atoms with Crippen LogP contribution in [0.1, 0.15) is 21.1 Å². The molecule has 0 fully saturated rings. The number of carbonyl (C=O) groups excluding carboxylic acids is 1. The lowest BCUT2D eigenvalue weighted by Crippen LogP contribution is -2.12. The highest BCUT2D eigenvalue weighted by atomic mass is 79.9. The summed E-state index contributed by atoms with van der Waals surface area (Å²) in [5.41, 5.74) is 3.23. The Morgan fingerprint density at radius 3 is 2.71 bits per heavy atom. The Labute approximate surface area is 111 Å². The summed E-state index contributed by atoms with van der Waals surface area (Å²) >= 11 is 4.69. The van der Waals surface area contributed by atoms with Crippen molar-refractivity contribution >= 4 is 39.0 Å². The van der Waals surface area contributed by atoms with Crippen molar-refractivity contribution in [3.05, 3.63) is 38.4 Å². The molecule has 0 saturated carbocycles. The molecule has 0 bridgehead atoms. The Hall–Kier alpha value is -1.27. The van der Waals surface area contributed by atoms with E-state index in [1.807, 2.05) is 19.9 Å².